The van der Waals surface area contributed by atoms with Gasteiger partial charge in [0.05, 0.1) is 12.2 Å². The third kappa shape index (κ3) is 4.16. The highest BCUT2D eigenvalue weighted by atomic mass is 16.5. The average Bonchev–Trinajstić information content (AvgIpc) is 2.73. The fraction of sp³-hybridized carbons (Fsp3) is 0.583. The van der Waals surface area contributed by atoms with E-state index in [1.165, 1.54) is 0 Å². The Kier molecular flexibility index (Phi) is 5.82. The number of nitrogens with zero attached hydrogens (tertiary/aromatic N) is 2. The summed E-state index contributed by atoms with van der Waals surface area (Å²) in [6.07, 6.45) is 1.90. The van der Waals surface area contributed by atoms with Crippen molar-refractivity contribution in [3.63, 3.8) is 0 Å². The lowest BCUT2D eigenvalue weighted by atomic mass is 10.3. The topological polar surface area (TPSA) is 41.3 Å². The summed E-state index contributed by atoms with van der Waals surface area (Å²) in [5, 5.41) is 7.23. The van der Waals surface area contributed by atoms with Crippen molar-refractivity contribution in [2.75, 3.05) is 19.6 Å². The van der Waals surface area contributed by atoms with Crippen molar-refractivity contribution in [2.45, 2.75) is 26.9 Å². The summed E-state index contributed by atoms with van der Waals surface area (Å²) < 4.78 is 5.27. The molecule has 16 heavy (non-hydrogen) atoms. The number of nitrogens with one attached hydrogen (secondary N) is 1. The summed E-state index contributed by atoms with van der Waals surface area (Å²) >= 11 is 0. The van der Waals surface area contributed by atoms with Gasteiger partial charge in [-0.1, -0.05) is 25.1 Å². The van der Waals surface area contributed by atoms with Crippen molar-refractivity contribution in [3.05, 3.63) is 30.2 Å². The zero-order valence-electron chi connectivity index (χ0n) is 10.2. The van der Waals surface area contributed by atoms with Crippen LogP contribution in [0.5, 0.6) is 0 Å². The molecule has 0 fully saturated rings. The monoisotopic (exact) mass is 223 g/mol. The molecule has 1 heterocycles. The Morgan fingerprint density at radius 2 is 2.38 bits per heavy atom. The smallest absolute Gasteiger partial charge is 0.151 e. The van der Waals surface area contributed by atoms with Crippen molar-refractivity contribution in [3.8, 4) is 0 Å². The predicted octanol–water partition coefficient (Wildman–Crippen LogP) is 1.79. The van der Waals surface area contributed by atoms with Crippen molar-refractivity contribution in [1.82, 2.24) is 15.4 Å². The minimum Gasteiger partial charge on any atom is -0.360 e. The molecule has 0 amide bonds. The van der Waals surface area contributed by atoms with Gasteiger partial charge in [-0.25, -0.2) is 0 Å². The molecule has 0 aliphatic carbocycles. The quantitative estimate of drug-likeness (QED) is 0.682. The molecule has 0 aliphatic rings. The van der Waals surface area contributed by atoms with Gasteiger partial charge in [-0.3, -0.25) is 4.90 Å². The number of likely N-dealkylation sites (N-methyl/N-ethyl adjacent to an activating group) is 1. The van der Waals surface area contributed by atoms with E-state index in [2.05, 4.69) is 35.8 Å². The highest BCUT2D eigenvalue weighted by Gasteiger charge is 2.07. The Labute approximate surface area is 97.3 Å². The van der Waals surface area contributed by atoms with E-state index in [1.807, 2.05) is 12.1 Å². The molecule has 1 aromatic heterocycles. The van der Waals surface area contributed by atoms with E-state index in [9.17, 15) is 0 Å². The van der Waals surface area contributed by atoms with Gasteiger partial charge < -0.3 is 9.84 Å². The first-order valence-corrected chi connectivity index (χ1v) is 5.78. The van der Waals surface area contributed by atoms with E-state index in [4.69, 9.17) is 4.52 Å². The second kappa shape index (κ2) is 7.19. The Bertz CT molecular complexity index is 309. The van der Waals surface area contributed by atoms with Crippen LogP contribution in [0.1, 0.15) is 25.3 Å². The van der Waals surface area contributed by atoms with Crippen LogP contribution in [0.2, 0.25) is 0 Å². The van der Waals surface area contributed by atoms with Gasteiger partial charge in [0, 0.05) is 19.2 Å². The van der Waals surface area contributed by atoms with Crippen LogP contribution in [-0.4, -0.2) is 29.7 Å². The molecule has 0 saturated carbocycles. The number of rotatable bonds is 8. The van der Waals surface area contributed by atoms with E-state index < -0.39 is 0 Å². The van der Waals surface area contributed by atoms with Crippen LogP contribution in [0.15, 0.2) is 23.2 Å². The van der Waals surface area contributed by atoms with Crippen LogP contribution >= 0.6 is 0 Å². The van der Waals surface area contributed by atoms with Gasteiger partial charge in [0.1, 0.15) is 0 Å². The molecule has 1 rings (SSSR count). The lowest BCUT2D eigenvalue weighted by molar-refractivity contribution is 0.261. The largest absolute Gasteiger partial charge is 0.360 e. The van der Waals surface area contributed by atoms with Gasteiger partial charge in [0.25, 0.3) is 0 Å². The minimum atomic E-state index is 0.771. The van der Waals surface area contributed by atoms with Gasteiger partial charge in [0.15, 0.2) is 5.76 Å². The van der Waals surface area contributed by atoms with Crippen LogP contribution in [0, 0.1) is 0 Å². The molecule has 0 unspecified atom stereocenters. The highest BCUT2D eigenvalue weighted by Crippen LogP contribution is 2.07. The Morgan fingerprint density at radius 1 is 1.56 bits per heavy atom. The molecule has 0 saturated heterocycles. The lowest BCUT2D eigenvalue weighted by Crippen LogP contribution is -2.22. The summed E-state index contributed by atoms with van der Waals surface area (Å²) in [6, 6.07) is 2.01. The van der Waals surface area contributed by atoms with Gasteiger partial charge >= 0.3 is 0 Å². The van der Waals surface area contributed by atoms with E-state index in [0.29, 0.717) is 0 Å². The molecule has 90 valence electrons. The summed E-state index contributed by atoms with van der Waals surface area (Å²) in [6.45, 7) is 12.3. The molecule has 0 spiro atoms. The second-order valence-corrected chi connectivity index (χ2v) is 3.68. The van der Waals surface area contributed by atoms with E-state index in [0.717, 1.165) is 44.2 Å². The highest BCUT2D eigenvalue weighted by molar-refractivity contribution is 5.05. The van der Waals surface area contributed by atoms with Gasteiger partial charge in [-0.2, -0.15) is 0 Å². The lowest BCUT2D eigenvalue weighted by Gasteiger charge is -2.15. The fourth-order valence-electron chi connectivity index (χ4n) is 1.48. The Morgan fingerprint density at radius 3 is 3.00 bits per heavy atom. The molecular formula is C12H21N3O. The van der Waals surface area contributed by atoms with Gasteiger partial charge in [-0.15, -0.1) is 6.58 Å². The van der Waals surface area contributed by atoms with Crippen LogP contribution < -0.4 is 5.32 Å². The molecular weight excluding hydrogens is 202 g/mol. The number of aromatic nitrogens is 1. The maximum absolute atomic E-state index is 5.27. The van der Waals surface area contributed by atoms with Crippen LogP contribution in [-0.2, 0) is 13.1 Å². The summed E-state index contributed by atoms with van der Waals surface area (Å²) in [4.78, 5) is 2.24. The van der Waals surface area contributed by atoms with Crippen molar-refractivity contribution in [2.24, 2.45) is 0 Å². The van der Waals surface area contributed by atoms with E-state index in [1.54, 1.807) is 0 Å². The normalized spacial score (nSPS) is 10.9. The molecule has 4 nitrogen and oxygen atoms in total. The SMILES string of the molecule is C=CCN(CC)Cc1cc(CNCC)no1. The molecule has 0 aliphatic heterocycles. The molecule has 1 N–H and O–H groups in total. The first-order valence-electron chi connectivity index (χ1n) is 5.78. The minimum absolute atomic E-state index is 0.771. The fourth-order valence-corrected chi connectivity index (χ4v) is 1.48. The number of hydrogen-bond acceptors (Lipinski definition) is 4. The molecule has 0 aromatic carbocycles. The van der Waals surface area contributed by atoms with Crippen LogP contribution in [0.3, 0.4) is 0 Å². The molecule has 1 aromatic rings. The van der Waals surface area contributed by atoms with Crippen LogP contribution in [0.4, 0.5) is 0 Å². The van der Waals surface area contributed by atoms with Crippen molar-refractivity contribution >= 4 is 0 Å². The first-order chi connectivity index (χ1) is 7.80. The summed E-state index contributed by atoms with van der Waals surface area (Å²) in [5.74, 6) is 0.914. The van der Waals surface area contributed by atoms with E-state index in [-0.39, 0.29) is 0 Å². The van der Waals surface area contributed by atoms with Crippen molar-refractivity contribution < 1.29 is 4.52 Å². The Balaban J connectivity index is 2.46. The molecule has 0 bridgehead atoms. The maximum Gasteiger partial charge on any atom is 0.151 e. The zero-order valence-corrected chi connectivity index (χ0v) is 10.2. The first kappa shape index (κ1) is 12.9. The number of hydrogen-bond donors (Lipinski definition) is 1. The zero-order chi connectivity index (χ0) is 11.8. The summed E-state index contributed by atoms with van der Waals surface area (Å²) in [7, 11) is 0. The summed E-state index contributed by atoms with van der Waals surface area (Å²) in [5.41, 5.74) is 0.964. The van der Waals surface area contributed by atoms with E-state index >= 15 is 0 Å². The molecule has 4 heteroatoms. The third-order valence-electron chi connectivity index (χ3n) is 2.38. The molecule has 0 atom stereocenters. The standard InChI is InChI=1S/C12H21N3O/c1-4-7-15(6-3)10-12-8-11(14-16-12)9-13-5-2/h4,8,13H,1,5-7,9-10H2,2-3H3. The average molecular weight is 223 g/mol. The predicted molar refractivity (Wildman–Crippen MR) is 65.0 cm³/mol. The third-order valence-corrected chi connectivity index (χ3v) is 2.38. The maximum atomic E-state index is 5.27. The van der Waals surface area contributed by atoms with Crippen molar-refractivity contribution in [1.29, 1.82) is 0 Å². The van der Waals surface area contributed by atoms with Gasteiger partial charge in [0.2, 0.25) is 0 Å². The van der Waals surface area contributed by atoms with Crippen LogP contribution in [0.25, 0.3) is 0 Å². The van der Waals surface area contributed by atoms with Gasteiger partial charge in [-0.05, 0) is 13.1 Å². The Hall–Kier alpha value is -1.13. The molecule has 0 radical (unpaired) electrons. The second-order valence-electron chi connectivity index (χ2n) is 3.68.